The molecule has 1 heterocycles. The van der Waals surface area contributed by atoms with Gasteiger partial charge < -0.3 is 15.1 Å². The molecule has 1 saturated heterocycles. The number of benzene rings is 1. The molecule has 2 rings (SSSR count). The molecule has 0 bridgehead atoms. The molecule has 0 radical (unpaired) electrons. The number of hydrogen-bond donors (Lipinski definition) is 1. The van der Waals surface area contributed by atoms with Gasteiger partial charge in [0.05, 0.1) is 0 Å². The van der Waals surface area contributed by atoms with Gasteiger partial charge in [0.15, 0.2) is 0 Å². The summed E-state index contributed by atoms with van der Waals surface area (Å²) in [6, 6.07) is 9.68. The van der Waals surface area contributed by atoms with Crippen LogP contribution in [0, 0.1) is 0 Å². The molecule has 19 heavy (non-hydrogen) atoms. The Bertz CT molecular complexity index is 374. The van der Waals surface area contributed by atoms with Crippen molar-refractivity contribution in [2.45, 2.75) is 32.4 Å². The van der Waals surface area contributed by atoms with Crippen LogP contribution in [0.25, 0.3) is 0 Å². The number of nitrogens with one attached hydrogen (secondary N) is 1. The lowest BCUT2D eigenvalue weighted by molar-refractivity contribution is 0.328. The van der Waals surface area contributed by atoms with Crippen molar-refractivity contribution in [3.63, 3.8) is 0 Å². The molecule has 0 amide bonds. The lowest BCUT2D eigenvalue weighted by atomic mass is 10.1. The van der Waals surface area contributed by atoms with Gasteiger partial charge in [-0.05, 0) is 51.2 Å². The highest BCUT2D eigenvalue weighted by Gasteiger charge is 2.21. The van der Waals surface area contributed by atoms with Crippen LogP contribution in [-0.2, 0) is 6.54 Å². The molecule has 3 nitrogen and oxygen atoms in total. The van der Waals surface area contributed by atoms with Crippen LogP contribution in [-0.4, -0.2) is 44.7 Å². The predicted molar refractivity (Wildman–Crippen MR) is 82.7 cm³/mol. The summed E-state index contributed by atoms with van der Waals surface area (Å²) < 4.78 is 0. The largest absolute Gasteiger partial charge is 0.367 e. The molecule has 1 atom stereocenters. The zero-order chi connectivity index (χ0) is 13.7. The van der Waals surface area contributed by atoms with Gasteiger partial charge in [-0.1, -0.05) is 19.1 Å². The molecule has 0 aliphatic carbocycles. The van der Waals surface area contributed by atoms with Crippen LogP contribution in [0.4, 0.5) is 5.69 Å². The molecular weight excluding hydrogens is 234 g/mol. The summed E-state index contributed by atoms with van der Waals surface area (Å²) in [5, 5.41) is 3.20. The fourth-order valence-electron chi connectivity index (χ4n) is 2.94. The average Bonchev–Trinajstić information content (AvgIpc) is 2.61. The predicted octanol–water partition coefficient (Wildman–Crippen LogP) is 2.33. The van der Waals surface area contributed by atoms with Gasteiger partial charge in [0.1, 0.15) is 0 Å². The van der Waals surface area contributed by atoms with Gasteiger partial charge in [0.25, 0.3) is 0 Å². The Hall–Kier alpha value is -1.06. The SMILES string of the molecule is CCC1CN(C)CCCN1c1ccc(CNC)cc1. The summed E-state index contributed by atoms with van der Waals surface area (Å²) in [6.07, 6.45) is 2.47. The van der Waals surface area contributed by atoms with Crippen LogP contribution in [0.1, 0.15) is 25.3 Å². The monoisotopic (exact) mass is 261 g/mol. The molecule has 1 aromatic carbocycles. The third-order valence-corrected chi connectivity index (χ3v) is 4.02. The van der Waals surface area contributed by atoms with E-state index in [0.717, 1.165) is 6.54 Å². The van der Waals surface area contributed by atoms with Crippen LogP contribution < -0.4 is 10.2 Å². The molecule has 1 aromatic rings. The summed E-state index contributed by atoms with van der Waals surface area (Å²) in [4.78, 5) is 5.05. The van der Waals surface area contributed by atoms with Crippen molar-refractivity contribution in [1.82, 2.24) is 10.2 Å². The maximum atomic E-state index is 3.20. The Labute approximate surface area is 117 Å². The second-order valence-electron chi connectivity index (χ2n) is 5.57. The highest BCUT2D eigenvalue weighted by molar-refractivity contribution is 5.49. The molecule has 0 saturated carbocycles. The van der Waals surface area contributed by atoms with Crippen LogP contribution in [0.5, 0.6) is 0 Å². The highest BCUT2D eigenvalue weighted by Crippen LogP contribution is 2.22. The Morgan fingerprint density at radius 1 is 1.21 bits per heavy atom. The van der Waals surface area contributed by atoms with E-state index in [1.54, 1.807) is 0 Å². The molecule has 1 fully saturated rings. The van der Waals surface area contributed by atoms with E-state index in [2.05, 4.69) is 53.4 Å². The average molecular weight is 261 g/mol. The number of likely N-dealkylation sites (N-methyl/N-ethyl adjacent to an activating group) is 1. The summed E-state index contributed by atoms with van der Waals surface area (Å²) >= 11 is 0. The van der Waals surface area contributed by atoms with Gasteiger partial charge in [-0.3, -0.25) is 0 Å². The molecule has 0 aromatic heterocycles. The Morgan fingerprint density at radius 2 is 1.95 bits per heavy atom. The van der Waals surface area contributed by atoms with Crippen molar-refractivity contribution in [3.05, 3.63) is 29.8 Å². The van der Waals surface area contributed by atoms with E-state index < -0.39 is 0 Å². The van der Waals surface area contributed by atoms with Gasteiger partial charge in [0.2, 0.25) is 0 Å². The molecule has 1 aliphatic heterocycles. The summed E-state index contributed by atoms with van der Waals surface area (Å²) in [5.41, 5.74) is 2.73. The van der Waals surface area contributed by atoms with Crippen molar-refractivity contribution in [1.29, 1.82) is 0 Å². The molecule has 3 heteroatoms. The van der Waals surface area contributed by atoms with Gasteiger partial charge in [-0.15, -0.1) is 0 Å². The third kappa shape index (κ3) is 3.71. The summed E-state index contributed by atoms with van der Waals surface area (Å²) in [7, 11) is 4.23. The van der Waals surface area contributed by atoms with Gasteiger partial charge >= 0.3 is 0 Å². The van der Waals surface area contributed by atoms with E-state index in [4.69, 9.17) is 0 Å². The lowest BCUT2D eigenvalue weighted by Crippen LogP contribution is -2.39. The van der Waals surface area contributed by atoms with Gasteiger partial charge in [-0.25, -0.2) is 0 Å². The minimum Gasteiger partial charge on any atom is -0.367 e. The number of hydrogen-bond acceptors (Lipinski definition) is 3. The normalized spacial score (nSPS) is 21.4. The number of nitrogens with zero attached hydrogens (tertiary/aromatic N) is 2. The van der Waals surface area contributed by atoms with E-state index in [9.17, 15) is 0 Å². The smallest absolute Gasteiger partial charge is 0.0414 e. The highest BCUT2D eigenvalue weighted by atomic mass is 15.2. The fraction of sp³-hybridized carbons (Fsp3) is 0.625. The quantitative estimate of drug-likeness (QED) is 0.897. The van der Waals surface area contributed by atoms with Crippen LogP contribution in [0.2, 0.25) is 0 Å². The second kappa shape index (κ2) is 6.92. The van der Waals surface area contributed by atoms with Gasteiger partial charge in [-0.2, -0.15) is 0 Å². The van der Waals surface area contributed by atoms with Crippen molar-refractivity contribution < 1.29 is 0 Å². The number of rotatable bonds is 4. The van der Waals surface area contributed by atoms with Crippen LogP contribution >= 0.6 is 0 Å². The third-order valence-electron chi connectivity index (χ3n) is 4.02. The van der Waals surface area contributed by atoms with E-state index in [-0.39, 0.29) is 0 Å². The van der Waals surface area contributed by atoms with E-state index in [1.165, 1.54) is 43.7 Å². The van der Waals surface area contributed by atoms with E-state index in [0.29, 0.717) is 6.04 Å². The fourth-order valence-corrected chi connectivity index (χ4v) is 2.94. The second-order valence-corrected chi connectivity index (χ2v) is 5.57. The van der Waals surface area contributed by atoms with E-state index in [1.807, 2.05) is 7.05 Å². The minimum absolute atomic E-state index is 0.641. The van der Waals surface area contributed by atoms with Crippen molar-refractivity contribution in [2.75, 3.05) is 38.6 Å². The Morgan fingerprint density at radius 3 is 2.58 bits per heavy atom. The zero-order valence-electron chi connectivity index (χ0n) is 12.5. The maximum absolute atomic E-state index is 3.20. The lowest BCUT2D eigenvalue weighted by Gasteiger charge is -2.32. The molecule has 106 valence electrons. The standard InChI is InChI=1S/C16H27N3/c1-4-15-13-18(3)10-5-11-19(15)16-8-6-14(7-9-16)12-17-2/h6-9,15,17H,4-5,10-13H2,1-3H3. The van der Waals surface area contributed by atoms with Crippen LogP contribution in [0.15, 0.2) is 24.3 Å². The van der Waals surface area contributed by atoms with Crippen LogP contribution in [0.3, 0.4) is 0 Å². The van der Waals surface area contributed by atoms with Crippen molar-refractivity contribution >= 4 is 5.69 Å². The topological polar surface area (TPSA) is 18.5 Å². The summed E-state index contributed by atoms with van der Waals surface area (Å²) in [6.45, 7) is 6.81. The first kappa shape index (κ1) is 14.4. The Kier molecular flexibility index (Phi) is 5.23. The Balaban J connectivity index is 2.13. The first-order valence-corrected chi connectivity index (χ1v) is 7.43. The van der Waals surface area contributed by atoms with Crippen molar-refractivity contribution in [3.8, 4) is 0 Å². The minimum atomic E-state index is 0.641. The molecule has 0 spiro atoms. The molecular formula is C16H27N3. The first-order valence-electron chi connectivity index (χ1n) is 7.43. The van der Waals surface area contributed by atoms with E-state index >= 15 is 0 Å². The molecule has 1 N–H and O–H groups in total. The summed E-state index contributed by atoms with van der Waals surface area (Å²) in [5.74, 6) is 0. The van der Waals surface area contributed by atoms with Crippen molar-refractivity contribution in [2.24, 2.45) is 0 Å². The van der Waals surface area contributed by atoms with Gasteiger partial charge in [0, 0.05) is 31.4 Å². The number of anilines is 1. The maximum Gasteiger partial charge on any atom is 0.0414 e. The molecule has 1 unspecified atom stereocenters. The first-order chi connectivity index (χ1) is 9.24. The molecule has 1 aliphatic rings. The zero-order valence-corrected chi connectivity index (χ0v) is 12.5.